The zero-order valence-corrected chi connectivity index (χ0v) is 8.51. The summed E-state index contributed by atoms with van der Waals surface area (Å²) in [7, 11) is 0. The molecular weight excluding hydrogens is 222 g/mol. The van der Waals surface area contributed by atoms with Gasteiger partial charge in [0.05, 0.1) is 0 Å². The molecule has 1 aliphatic heterocycles. The summed E-state index contributed by atoms with van der Waals surface area (Å²) in [5.74, 6) is -0.166. The number of carboxylic acid groups (broad SMARTS) is 1. The number of halogens is 1. The Morgan fingerprint density at radius 3 is 2.67 bits per heavy atom. The Hall–Kier alpha value is -0.0900. The molecule has 1 atom stereocenters. The first-order valence-corrected chi connectivity index (χ1v) is 5.19. The number of hydrogen-bond donors (Lipinski definition) is 2. The number of nitrogens with one attached hydrogen (secondary N) is 1. The molecular formula is C8H14BrNO2. The average Bonchev–Trinajstić information content (AvgIpc) is 2.06. The molecule has 0 aromatic carbocycles. The second kappa shape index (κ2) is 4.82. The van der Waals surface area contributed by atoms with Crippen LogP contribution in [0, 0.1) is 5.92 Å². The first-order valence-electron chi connectivity index (χ1n) is 4.27. The summed E-state index contributed by atoms with van der Waals surface area (Å²) in [5.41, 5.74) is 0. The molecule has 2 N–H and O–H groups in total. The second-order valence-corrected chi connectivity index (χ2v) is 4.34. The SMILES string of the molecule is O=C(O)C(Br)CC1CCNCC1. The molecule has 3 nitrogen and oxygen atoms in total. The summed E-state index contributed by atoms with van der Waals surface area (Å²) in [6.07, 6.45) is 2.97. The van der Waals surface area contributed by atoms with Gasteiger partial charge in [-0.15, -0.1) is 0 Å². The van der Waals surface area contributed by atoms with Crippen molar-refractivity contribution in [2.24, 2.45) is 5.92 Å². The lowest BCUT2D eigenvalue weighted by atomic mass is 9.93. The van der Waals surface area contributed by atoms with Gasteiger partial charge in [0.1, 0.15) is 4.83 Å². The van der Waals surface area contributed by atoms with Crippen LogP contribution in [0.15, 0.2) is 0 Å². The Morgan fingerprint density at radius 1 is 1.58 bits per heavy atom. The van der Waals surface area contributed by atoms with Crippen LogP contribution in [0.25, 0.3) is 0 Å². The van der Waals surface area contributed by atoms with Crippen LogP contribution in [-0.2, 0) is 4.79 Å². The summed E-state index contributed by atoms with van der Waals surface area (Å²) >= 11 is 3.16. The minimum absolute atomic E-state index is 0.361. The molecule has 0 aliphatic carbocycles. The molecule has 0 spiro atoms. The van der Waals surface area contributed by atoms with Crippen LogP contribution in [-0.4, -0.2) is 29.0 Å². The quantitative estimate of drug-likeness (QED) is 0.724. The molecule has 0 amide bonds. The summed E-state index contributed by atoms with van der Waals surface area (Å²) in [4.78, 5) is 10.1. The standard InChI is InChI=1S/C8H14BrNO2/c9-7(8(11)12)5-6-1-3-10-4-2-6/h6-7,10H,1-5H2,(H,11,12). The minimum Gasteiger partial charge on any atom is -0.480 e. The first kappa shape index (κ1) is 9.99. The van der Waals surface area contributed by atoms with Crippen molar-refractivity contribution in [3.8, 4) is 0 Å². The molecule has 0 aromatic heterocycles. The van der Waals surface area contributed by atoms with E-state index in [2.05, 4.69) is 21.2 Å². The summed E-state index contributed by atoms with van der Waals surface area (Å²) in [6.45, 7) is 2.06. The Morgan fingerprint density at radius 2 is 2.17 bits per heavy atom. The lowest BCUT2D eigenvalue weighted by Gasteiger charge is -2.23. The van der Waals surface area contributed by atoms with Gasteiger partial charge in [0.2, 0.25) is 0 Å². The van der Waals surface area contributed by atoms with Crippen molar-refractivity contribution in [3.05, 3.63) is 0 Å². The summed E-state index contributed by atoms with van der Waals surface area (Å²) in [5, 5.41) is 11.9. The van der Waals surface area contributed by atoms with E-state index in [0.717, 1.165) is 32.4 Å². The highest BCUT2D eigenvalue weighted by Crippen LogP contribution is 2.21. The lowest BCUT2D eigenvalue weighted by Crippen LogP contribution is -2.30. The van der Waals surface area contributed by atoms with E-state index < -0.39 is 5.97 Å². The third kappa shape index (κ3) is 3.11. The van der Waals surface area contributed by atoms with Crippen LogP contribution in [0.3, 0.4) is 0 Å². The molecule has 4 heteroatoms. The van der Waals surface area contributed by atoms with Crippen molar-refractivity contribution in [1.82, 2.24) is 5.32 Å². The van der Waals surface area contributed by atoms with E-state index in [0.29, 0.717) is 5.92 Å². The normalized spacial score (nSPS) is 22.1. The van der Waals surface area contributed by atoms with E-state index in [-0.39, 0.29) is 4.83 Å². The van der Waals surface area contributed by atoms with Gasteiger partial charge >= 0.3 is 5.97 Å². The van der Waals surface area contributed by atoms with E-state index in [1.165, 1.54) is 0 Å². The molecule has 0 saturated carbocycles. The molecule has 1 fully saturated rings. The van der Waals surface area contributed by atoms with E-state index in [9.17, 15) is 4.79 Å². The predicted molar refractivity (Wildman–Crippen MR) is 50.6 cm³/mol. The van der Waals surface area contributed by atoms with Crippen LogP contribution in [0.2, 0.25) is 0 Å². The fourth-order valence-electron chi connectivity index (χ4n) is 1.51. The van der Waals surface area contributed by atoms with Crippen molar-refractivity contribution in [3.63, 3.8) is 0 Å². The average molecular weight is 236 g/mol. The number of carbonyl (C=O) groups is 1. The highest BCUT2D eigenvalue weighted by molar-refractivity contribution is 9.10. The molecule has 1 unspecified atom stereocenters. The maximum Gasteiger partial charge on any atom is 0.317 e. The molecule has 1 aliphatic rings. The largest absolute Gasteiger partial charge is 0.480 e. The van der Waals surface area contributed by atoms with Crippen molar-refractivity contribution in [2.45, 2.75) is 24.1 Å². The molecule has 12 heavy (non-hydrogen) atoms. The van der Waals surface area contributed by atoms with E-state index in [1.54, 1.807) is 0 Å². The smallest absolute Gasteiger partial charge is 0.317 e. The van der Waals surface area contributed by atoms with Gasteiger partial charge < -0.3 is 10.4 Å². The number of hydrogen-bond acceptors (Lipinski definition) is 2. The monoisotopic (exact) mass is 235 g/mol. The van der Waals surface area contributed by atoms with Crippen molar-refractivity contribution in [2.75, 3.05) is 13.1 Å². The zero-order chi connectivity index (χ0) is 8.97. The van der Waals surface area contributed by atoms with Gasteiger partial charge in [0, 0.05) is 0 Å². The maximum atomic E-state index is 10.5. The van der Waals surface area contributed by atoms with Gasteiger partial charge in [-0.25, -0.2) is 0 Å². The van der Waals surface area contributed by atoms with Gasteiger partial charge in [-0.1, -0.05) is 15.9 Å². The lowest BCUT2D eigenvalue weighted by molar-refractivity contribution is -0.136. The van der Waals surface area contributed by atoms with Crippen molar-refractivity contribution in [1.29, 1.82) is 0 Å². The molecule has 1 saturated heterocycles. The fourth-order valence-corrected chi connectivity index (χ4v) is 2.04. The molecule has 1 heterocycles. The Kier molecular flexibility index (Phi) is 4.01. The summed E-state index contributed by atoms with van der Waals surface area (Å²) < 4.78 is 0. The maximum absolute atomic E-state index is 10.5. The number of aliphatic carboxylic acids is 1. The van der Waals surface area contributed by atoms with E-state index in [1.807, 2.05) is 0 Å². The third-order valence-electron chi connectivity index (χ3n) is 2.27. The van der Waals surface area contributed by atoms with Crippen LogP contribution in [0.4, 0.5) is 0 Å². The van der Waals surface area contributed by atoms with Crippen molar-refractivity contribution >= 4 is 21.9 Å². The molecule has 70 valence electrons. The fraction of sp³-hybridized carbons (Fsp3) is 0.875. The van der Waals surface area contributed by atoms with Gasteiger partial charge in [0.25, 0.3) is 0 Å². The Labute approximate surface area is 80.7 Å². The number of piperidine rings is 1. The third-order valence-corrected chi connectivity index (χ3v) is 3.03. The molecule has 0 radical (unpaired) electrons. The highest BCUT2D eigenvalue weighted by atomic mass is 79.9. The van der Waals surface area contributed by atoms with Crippen LogP contribution in [0.1, 0.15) is 19.3 Å². The van der Waals surface area contributed by atoms with Gasteiger partial charge in [-0.2, -0.15) is 0 Å². The zero-order valence-electron chi connectivity index (χ0n) is 6.92. The Balaban J connectivity index is 2.24. The molecule has 0 aromatic rings. The van der Waals surface area contributed by atoms with E-state index >= 15 is 0 Å². The van der Waals surface area contributed by atoms with Gasteiger partial charge in [0.15, 0.2) is 0 Å². The molecule has 0 bridgehead atoms. The topological polar surface area (TPSA) is 49.3 Å². The molecule has 1 rings (SSSR count). The highest BCUT2D eigenvalue weighted by Gasteiger charge is 2.20. The number of alkyl halides is 1. The number of carboxylic acids is 1. The second-order valence-electron chi connectivity index (χ2n) is 3.23. The predicted octanol–water partition coefficient (Wildman–Crippen LogP) is 1.22. The van der Waals surface area contributed by atoms with Gasteiger partial charge in [-0.3, -0.25) is 4.79 Å². The van der Waals surface area contributed by atoms with Crippen molar-refractivity contribution < 1.29 is 9.90 Å². The van der Waals surface area contributed by atoms with E-state index in [4.69, 9.17) is 5.11 Å². The first-order chi connectivity index (χ1) is 5.70. The van der Waals surface area contributed by atoms with Crippen LogP contribution >= 0.6 is 15.9 Å². The summed E-state index contributed by atoms with van der Waals surface area (Å²) in [6, 6.07) is 0. The van der Waals surface area contributed by atoms with Crippen LogP contribution in [0.5, 0.6) is 0 Å². The van der Waals surface area contributed by atoms with Crippen LogP contribution < -0.4 is 5.32 Å². The number of rotatable bonds is 3. The minimum atomic E-state index is -0.742. The van der Waals surface area contributed by atoms with Gasteiger partial charge in [-0.05, 0) is 38.3 Å². The Bertz CT molecular complexity index is 157.